The highest BCUT2D eigenvalue weighted by atomic mass is 15.2. The van der Waals surface area contributed by atoms with Crippen molar-refractivity contribution in [1.82, 2.24) is 24.1 Å². The Morgan fingerprint density at radius 2 is 1.42 bits per heavy atom. The molecule has 9 rings (SSSR count). The monoisotopic (exact) mass is 769 g/mol. The van der Waals surface area contributed by atoms with Crippen molar-refractivity contribution in [2.45, 2.75) is 60.3 Å². The van der Waals surface area contributed by atoms with Crippen molar-refractivity contribution >= 4 is 47.2 Å². The molecule has 292 valence electrons. The van der Waals surface area contributed by atoms with Gasteiger partial charge in [-0.2, -0.15) is 9.97 Å². The minimum Gasteiger partial charge on any atom is -0.308 e. The van der Waals surface area contributed by atoms with E-state index in [1.807, 2.05) is 12.2 Å². The topological polar surface area (TPSA) is 48.5 Å². The van der Waals surface area contributed by atoms with E-state index in [0.29, 0.717) is 23.5 Å². The molecular formula is C54H51N5. The molecule has 2 aliphatic carbocycles. The molecule has 0 spiro atoms. The maximum atomic E-state index is 5.49. The second-order valence-corrected chi connectivity index (χ2v) is 16.7. The molecule has 0 saturated heterocycles. The fraction of sp³-hybridized carbons (Fsp3) is 0.204. The smallest absolute Gasteiger partial charge is 0.238 e. The van der Waals surface area contributed by atoms with Crippen LogP contribution in [0.4, 0.5) is 0 Å². The van der Waals surface area contributed by atoms with E-state index < -0.39 is 0 Å². The van der Waals surface area contributed by atoms with Gasteiger partial charge in [-0.25, -0.2) is 4.98 Å². The summed E-state index contributed by atoms with van der Waals surface area (Å²) < 4.78 is 4.88. The lowest BCUT2D eigenvalue weighted by atomic mass is 9.90. The summed E-state index contributed by atoms with van der Waals surface area (Å²) in [6.07, 6.45) is 21.9. The Kier molecular flexibility index (Phi) is 9.84. The predicted octanol–water partition coefficient (Wildman–Crippen LogP) is 11.7. The average molecular weight is 770 g/mol. The zero-order valence-corrected chi connectivity index (χ0v) is 34.8. The zero-order chi connectivity index (χ0) is 40.8. The Hall–Kier alpha value is -6.59. The van der Waals surface area contributed by atoms with E-state index >= 15 is 0 Å². The van der Waals surface area contributed by atoms with Gasteiger partial charge in [-0.3, -0.25) is 4.57 Å². The van der Waals surface area contributed by atoms with Crippen LogP contribution in [-0.4, -0.2) is 24.1 Å². The van der Waals surface area contributed by atoms with Crippen molar-refractivity contribution in [3.05, 3.63) is 171 Å². The highest BCUT2D eigenvalue weighted by Crippen LogP contribution is 2.31. The molecule has 0 aliphatic heterocycles. The molecule has 0 atom stereocenters. The molecule has 0 radical (unpaired) electrons. The first-order valence-corrected chi connectivity index (χ1v) is 21.0. The lowest BCUT2D eigenvalue weighted by molar-refractivity contribution is 0.714. The lowest BCUT2D eigenvalue weighted by Gasteiger charge is -2.14. The molecule has 0 unspecified atom stereocenters. The Labute approximate surface area is 347 Å². The zero-order valence-electron chi connectivity index (χ0n) is 34.8. The van der Waals surface area contributed by atoms with Gasteiger partial charge in [-0.1, -0.05) is 157 Å². The summed E-state index contributed by atoms with van der Waals surface area (Å²) in [4.78, 5) is 16.2. The van der Waals surface area contributed by atoms with Crippen molar-refractivity contribution in [3.8, 4) is 34.4 Å². The second kappa shape index (κ2) is 15.3. The largest absolute Gasteiger partial charge is 0.308 e. The van der Waals surface area contributed by atoms with Gasteiger partial charge in [0.15, 0.2) is 11.6 Å². The van der Waals surface area contributed by atoms with Gasteiger partial charge in [-0.05, 0) is 89.4 Å². The number of allylic oxidation sites excluding steroid dienone is 2. The van der Waals surface area contributed by atoms with Gasteiger partial charge in [0, 0.05) is 49.6 Å². The van der Waals surface area contributed by atoms with Crippen LogP contribution in [0.1, 0.15) is 81.1 Å². The Balaban J connectivity index is 1.50. The third-order valence-electron chi connectivity index (χ3n) is 11.7. The summed E-state index contributed by atoms with van der Waals surface area (Å²) in [5.74, 6) is 2.24. The van der Waals surface area contributed by atoms with Crippen LogP contribution in [0.15, 0.2) is 116 Å². The van der Waals surface area contributed by atoms with Crippen LogP contribution in [0, 0.1) is 22.0 Å². The van der Waals surface area contributed by atoms with Crippen LogP contribution in [0.3, 0.4) is 0 Å². The van der Waals surface area contributed by atoms with Gasteiger partial charge in [0.05, 0.1) is 10.7 Å². The van der Waals surface area contributed by atoms with Gasteiger partial charge in [0.25, 0.3) is 0 Å². The van der Waals surface area contributed by atoms with Gasteiger partial charge in [-0.15, -0.1) is 0 Å². The number of hydrogen-bond acceptors (Lipinski definition) is 3. The molecule has 3 aromatic heterocycles. The maximum Gasteiger partial charge on any atom is 0.238 e. The molecule has 5 heteroatoms. The molecular weight excluding hydrogens is 719 g/mol. The van der Waals surface area contributed by atoms with Crippen LogP contribution in [0.25, 0.3) is 81.6 Å². The first kappa shape index (κ1) is 38.0. The van der Waals surface area contributed by atoms with E-state index in [1.54, 1.807) is 0 Å². The lowest BCUT2D eigenvalue weighted by Crippen LogP contribution is -2.15. The molecule has 0 bridgehead atoms. The highest BCUT2D eigenvalue weighted by Gasteiger charge is 2.27. The van der Waals surface area contributed by atoms with E-state index in [2.05, 4.69) is 184 Å². The first-order valence-electron chi connectivity index (χ1n) is 21.0. The quantitative estimate of drug-likeness (QED) is 0.147. The van der Waals surface area contributed by atoms with Crippen molar-refractivity contribution in [1.29, 1.82) is 0 Å². The molecule has 7 aromatic rings. The average Bonchev–Trinajstić information content (AvgIpc) is 3.51. The summed E-state index contributed by atoms with van der Waals surface area (Å²) in [5, 5.41) is 7.06. The fourth-order valence-electron chi connectivity index (χ4n) is 8.91. The van der Waals surface area contributed by atoms with Crippen LogP contribution < -0.4 is 10.4 Å². The SMILES string of the molecule is C=Cc1ccc(-c2nc(-c3ccc4ccccc4c3)nc(-n3c4c(c5c3=c3c(c(CC)c(/C=C\C(C)C)n3-c3ccccc3)=CC(C)(C)C=5)C=CCCC4)n2)cc1C=C. The molecule has 0 N–H and O–H groups in total. The van der Waals surface area contributed by atoms with Crippen LogP contribution in [0.5, 0.6) is 0 Å². The number of benzene rings is 4. The molecule has 59 heavy (non-hydrogen) atoms. The fourth-order valence-corrected chi connectivity index (χ4v) is 8.91. The van der Waals surface area contributed by atoms with E-state index in [4.69, 9.17) is 15.0 Å². The summed E-state index contributed by atoms with van der Waals surface area (Å²) in [6, 6.07) is 32.0. The number of aromatic nitrogens is 5. The molecule has 2 aliphatic rings. The number of fused-ring (bicyclic) bond motifs is 5. The summed E-state index contributed by atoms with van der Waals surface area (Å²) in [6.45, 7) is 19.6. The standard InChI is InChI=1S/C54H51N5/c1-8-36-26-28-40(31-37(36)9-2)51-55-52(41-29-27-38-19-17-18-20-39(38)32-41)57-53(56-51)59-47-24-16-12-15-23-44(47)46-34-54(6,7)33-45-43(10-3)48(30-25-35(4)5)58(49(45)50(46)59)42-21-13-11-14-22-42/h8-9,11,13-15,17-23,25-35H,1-2,10,12,16,24H2,3-7H3/b30-25-. The molecule has 5 nitrogen and oxygen atoms in total. The van der Waals surface area contributed by atoms with E-state index in [1.165, 1.54) is 38.3 Å². The number of para-hydroxylation sites is 1. The second-order valence-electron chi connectivity index (χ2n) is 16.7. The van der Waals surface area contributed by atoms with E-state index in [-0.39, 0.29) is 5.41 Å². The Morgan fingerprint density at radius 3 is 2.15 bits per heavy atom. The van der Waals surface area contributed by atoms with Gasteiger partial charge in [0.2, 0.25) is 5.95 Å². The molecule has 0 fully saturated rings. The van der Waals surface area contributed by atoms with Crippen LogP contribution in [0.2, 0.25) is 0 Å². The number of rotatable bonds is 9. The highest BCUT2D eigenvalue weighted by molar-refractivity contribution is 5.86. The van der Waals surface area contributed by atoms with Crippen LogP contribution >= 0.6 is 0 Å². The summed E-state index contributed by atoms with van der Waals surface area (Å²) in [5.41, 5.74) is 9.70. The molecule has 0 amide bonds. The molecule has 4 aromatic carbocycles. The Morgan fingerprint density at radius 1 is 0.746 bits per heavy atom. The third kappa shape index (κ3) is 6.85. The molecule has 0 saturated carbocycles. The van der Waals surface area contributed by atoms with Gasteiger partial charge >= 0.3 is 0 Å². The maximum absolute atomic E-state index is 5.49. The van der Waals surface area contributed by atoms with Gasteiger partial charge in [0.1, 0.15) is 0 Å². The number of nitrogens with zero attached hydrogens (tertiary/aromatic N) is 5. The van der Waals surface area contributed by atoms with Gasteiger partial charge < -0.3 is 4.57 Å². The van der Waals surface area contributed by atoms with Crippen molar-refractivity contribution in [2.24, 2.45) is 11.3 Å². The van der Waals surface area contributed by atoms with Crippen molar-refractivity contribution in [2.75, 3.05) is 0 Å². The molecule has 3 heterocycles. The van der Waals surface area contributed by atoms with E-state index in [0.717, 1.165) is 69.7 Å². The predicted molar refractivity (Wildman–Crippen MR) is 248 cm³/mol. The summed E-state index contributed by atoms with van der Waals surface area (Å²) >= 11 is 0. The van der Waals surface area contributed by atoms with Crippen LogP contribution in [-0.2, 0) is 12.8 Å². The normalized spacial score (nSPS) is 14.3. The van der Waals surface area contributed by atoms with E-state index in [9.17, 15) is 0 Å². The summed E-state index contributed by atoms with van der Waals surface area (Å²) in [7, 11) is 0. The van der Waals surface area contributed by atoms with Crippen molar-refractivity contribution < 1.29 is 0 Å². The minimum atomic E-state index is -0.250. The third-order valence-corrected chi connectivity index (χ3v) is 11.7. The first-order chi connectivity index (χ1) is 28.7. The van der Waals surface area contributed by atoms with Crippen molar-refractivity contribution in [3.63, 3.8) is 0 Å². The number of hydrogen-bond donors (Lipinski definition) is 0. The Bertz CT molecular complexity index is 3100. The minimum absolute atomic E-state index is 0.250.